The second-order valence-electron chi connectivity index (χ2n) is 2.31. The first-order valence-electron chi connectivity index (χ1n) is 3.35. The van der Waals surface area contributed by atoms with Crippen molar-refractivity contribution in [1.29, 1.82) is 0 Å². The number of aliphatic carboxylic acids is 1. The molecule has 1 aromatic rings. The molecule has 1 rings (SSSR count). The standard InChI is InChI=1S/C8H9NO2.2ClH/c1-6(8(10)11)7-4-2-3-5-9-7;;/h2-6H,1H3,(H,10,11);2*1H. The number of carboxylic acids is 1. The molecule has 0 aliphatic rings. The Balaban J connectivity index is 0. The van der Waals surface area contributed by atoms with Gasteiger partial charge in [-0.3, -0.25) is 9.78 Å². The topological polar surface area (TPSA) is 50.2 Å². The quantitative estimate of drug-likeness (QED) is 0.836. The maximum Gasteiger partial charge on any atom is 0.312 e. The highest BCUT2D eigenvalue weighted by atomic mass is 35.5. The highest BCUT2D eigenvalue weighted by Crippen LogP contribution is 2.10. The van der Waals surface area contributed by atoms with Gasteiger partial charge in [-0.25, -0.2) is 0 Å². The summed E-state index contributed by atoms with van der Waals surface area (Å²) in [6, 6.07) is 5.25. The second-order valence-corrected chi connectivity index (χ2v) is 2.31. The van der Waals surface area contributed by atoms with Gasteiger partial charge >= 0.3 is 5.97 Å². The minimum absolute atomic E-state index is 0. The number of nitrogens with zero attached hydrogens (tertiary/aromatic N) is 1. The molecule has 3 nitrogen and oxygen atoms in total. The third kappa shape index (κ3) is 4.10. The van der Waals surface area contributed by atoms with Gasteiger partial charge < -0.3 is 5.11 Å². The lowest BCUT2D eigenvalue weighted by Crippen LogP contribution is -2.08. The zero-order valence-electron chi connectivity index (χ0n) is 7.01. The predicted molar refractivity (Wildman–Crippen MR) is 54.8 cm³/mol. The molecule has 0 radical (unpaired) electrons. The molecular weight excluding hydrogens is 213 g/mol. The molecule has 1 atom stereocenters. The molecule has 0 saturated heterocycles. The number of halogens is 2. The summed E-state index contributed by atoms with van der Waals surface area (Å²) < 4.78 is 0. The van der Waals surface area contributed by atoms with Gasteiger partial charge in [0.15, 0.2) is 0 Å². The molecule has 0 fully saturated rings. The van der Waals surface area contributed by atoms with Crippen LogP contribution in [-0.2, 0) is 4.79 Å². The number of aromatic nitrogens is 1. The van der Waals surface area contributed by atoms with E-state index in [-0.39, 0.29) is 24.8 Å². The van der Waals surface area contributed by atoms with Crippen LogP contribution in [0.15, 0.2) is 24.4 Å². The van der Waals surface area contributed by atoms with E-state index in [4.69, 9.17) is 5.11 Å². The third-order valence-electron chi connectivity index (χ3n) is 1.50. The van der Waals surface area contributed by atoms with Crippen LogP contribution >= 0.6 is 24.8 Å². The number of pyridine rings is 1. The molecule has 1 N–H and O–H groups in total. The molecule has 5 heteroatoms. The number of hydrogen-bond acceptors (Lipinski definition) is 2. The summed E-state index contributed by atoms with van der Waals surface area (Å²) >= 11 is 0. The van der Waals surface area contributed by atoms with Crippen LogP contribution < -0.4 is 0 Å². The van der Waals surface area contributed by atoms with Crippen LogP contribution in [0.2, 0.25) is 0 Å². The highest BCUT2D eigenvalue weighted by molar-refractivity contribution is 5.85. The van der Waals surface area contributed by atoms with Crippen molar-refractivity contribution in [1.82, 2.24) is 4.98 Å². The molecule has 0 aliphatic carbocycles. The molecule has 0 bridgehead atoms. The molecule has 74 valence electrons. The second kappa shape index (κ2) is 6.69. The van der Waals surface area contributed by atoms with Gasteiger partial charge in [-0.2, -0.15) is 0 Å². The summed E-state index contributed by atoms with van der Waals surface area (Å²) in [6.07, 6.45) is 1.59. The predicted octanol–water partition coefficient (Wildman–Crippen LogP) is 2.11. The summed E-state index contributed by atoms with van der Waals surface area (Å²) in [4.78, 5) is 14.4. The van der Waals surface area contributed by atoms with E-state index < -0.39 is 11.9 Å². The van der Waals surface area contributed by atoms with Gasteiger partial charge in [0.2, 0.25) is 0 Å². The molecule has 0 spiro atoms. The Labute approximate surface area is 89.0 Å². The fourth-order valence-corrected chi connectivity index (χ4v) is 0.759. The Morgan fingerprint density at radius 1 is 1.46 bits per heavy atom. The number of hydrogen-bond donors (Lipinski definition) is 1. The molecule has 0 saturated carbocycles. The Bertz CT molecular complexity index is 254. The van der Waals surface area contributed by atoms with Crippen LogP contribution in [0, 0.1) is 0 Å². The summed E-state index contributed by atoms with van der Waals surface area (Å²) in [5, 5.41) is 8.60. The smallest absolute Gasteiger partial charge is 0.312 e. The Morgan fingerprint density at radius 2 is 2.08 bits per heavy atom. The number of rotatable bonds is 2. The first-order valence-corrected chi connectivity index (χ1v) is 3.35. The van der Waals surface area contributed by atoms with Gasteiger partial charge in [0, 0.05) is 6.20 Å². The van der Waals surface area contributed by atoms with E-state index >= 15 is 0 Å². The van der Waals surface area contributed by atoms with Crippen molar-refractivity contribution in [3.8, 4) is 0 Å². The van der Waals surface area contributed by atoms with Gasteiger partial charge in [0.1, 0.15) is 0 Å². The van der Waals surface area contributed by atoms with Crippen LogP contribution in [0.3, 0.4) is 0 Å². The SMILES string of the molecule is CC(C(=O)O)c1ccccn1.Cl.Cl. The summed E-state index contributed by atoms with van der Waals surface area (Å²) in [7, 11) is 0. The molecule has 1 heterocycles. The van der Waals surface area contributed by atoms with E-state index in [1.807, 2.05) is 0 Å². The van der Waals surface area contributed by atoms with Gasteiger partial charge in [0.05, 0.1) is 11.6 Å². The molecule has 0 aliphatic heterocycles. The molecule has 1 aromatic heterocycles. The minimum atomic E-state index is -0.844. The first-order chi connectivity index (χ1) is 5.22. The minimum Gasteiger partial charge on any atom is -0.481 e. The van der Waals surface area contributed by atoms with Crippen LogP contribution in [0.5, 0.6) is 0 Å². The van der Waals surface area contributed by atoms with Gasteiger partial charge in [-0.05, 0) is 19.1 Å². The summed E-state index contributed by atoms with van der Waals surface area (Å²) in [5.74, 6) is -1.36. The monoisotopic (exact) mass is 223 g/mol. The summed E-state index contributed by atoms with van der Waals surface area (Å²) in [6.45, 7) is 1.62. The van der Waals surface area contributed by atoms with E-state index in [0.717, 1.165) is 0 Å². The maximum absolute atomic E-state index is 10.5. The van der Waals surface area contributed by atoms with Crippen molar-refractivity contribution < 1.29 is 9.90 Å². The normalized spacial score (nSPS) is 10.5. The van der Waals surface area contributed by atoms with Crippen LogP contribution in [0.25, 0.3) is 0 Å². The fourth-order valence-electron chi connectivity index (χ4n) is 0.759. The Hall–Kier alpha value is -0.800. The van der Waals surface area contributed by atoms with E-state index in [1.165, 1.54) is 0 Å². The Kier molecular flexibility index (Phi) is 7.57. The fraction of sp³-hybridized carbons (Fsp3) is 0.250. The van der Waals surface area contributed by atoms with Crippen molar-refractivity contribution in [3.63, 3.8) is 0 Å². The van der Waals surface area contributed by atoms with Crippen molar-refractivity contribution in [2.75, 3.05) is 0 Å². The zero-order chi connectivity index (χ0) is 8.27. The lowest BCUT2D eigenvalue weighted by Gasteiger charge is -2.02. The van der Waals surface area contributed by atoms with E-state index in [1.54, 1.807) is 31.3 Å². The first kappa shape index (κ1) is 14.7. The van der Waals surface area contributed by atoms with E-state index in [2.05, 4.69) is 4.98 Å². The average Bonchev–Trinajstić information content (AvgIpc) is 2.05. The molecular formula is C8H11Cl2NO2. The highest BCUT2D eigenvalue weighted by Gasteiger charge is 2.13. The van der Waals surface area contributed by atoms with Crippen molar-refractivity contribution in [3.05, 3.63) is 30.1 Å². The molecule has 0 amide bonds. The van der Waals surface area contributed by atoms with Crippen LogP contribution in [-0.4, -0.2) is 16.1 Å². The maximum atomic E-state index is 10.5. The lowest BCUT2D eigenvalue weighted by molar-refractivity contribution is -0.138. The van der Waals surface area contributed by atoms with Gasteiger partial charge in [-0.1, -0.05) is 6.07 Å². The lowest BCUT2D eigenvalue weighted by atomic mass is 10.1. The Morgan fingerprint density at radius 3 is 2.46 bits per heavy atom. The number of carbonyl (C=O) groups is 1. The molecule has 0 aromatic carbocycles. The average molecular weight is 224 g/mol. The van der Waals surface area contributed by atoms with E-state index in [9.17, 15) is 4.79 Å². The number of carboxylic acid groups (broad SMARTS) is 1. The van der Waals surface area contributed by atoms with Crippen molar-refractivity contribution in [2.24, 2.45) is 0 Å². The van der Waals surface area contributed by atoms with Gasteiger partial charge in [-0.15, -0.1) is 24.8 Å². The van der Waals surface area contributed by atoms with E-state index in [0.29, 0.717) is 5.69 Å². The largest absolute Gasteiger partial charge is 0.481 e. The molecule has 13 heavy (non-hydrogen) atoms. The summed E-state index contributed by atoms with van der Waals surface area (Å²) in [5.41, 5.74) is 0.597. The van der Waals surface area contributed by atoms with Crippen molar-refractivity contribution in [2.45, 2.75) is 12.8 Å². The van der Waals surface area contributed by atoms with Gasteiger partial charge in [0.25, 0.3) is 0 Å². The van der Waals surface area contributed by atoms with Crippen LogP contribution in [0.1, 0.15) is 18.5 Å². The van der Waals surface area contributed by atoms with Crippen molar-refractivity contribution >= 4 is 30.8 Å². The zero-order valence-corrected chi connectivity index (χ0v) is 8.64. The van der Waals surface area contributed by atoms with Crippen LogP contribution in [0.4, 0.5) is 0 Å². The molecule has 1 unspecified atom stereocenters. The third-order valence-corrected chi connectivity index (χ3v) is 1.50.